The number of sulfonamides is 1. The number of nitrogens with one attached hydrogen (secondary N) is 2. The largest absolute Gasteiger partial charge is 0.336 e. The number of hydrogen-bond acceptors (Lipinski definition) is 3. The third kappa shape index (κ3) is 4.90. The standard InChI is InChI=1S/C15H22FN3O3S/c1-11(2)17-15(20)19-9-7-13(8-10-19)18-23(21,22)14-5-3-12(16)4-6-14/h3-6,11,13,18H,7-10H2,1-2H3,(H,17,20). The van der Waals surface area contributed by atoms with E-state index in [1.165, 1.54) is 12.1 Å². The van der Waals surface area contributed by atoms with Crippen LogP contribution in [-0.2, 0) is 10.0 Å². The summed E-state index contributed by atoms with van der Waals surface area (Å²) in [6.07, 6.45) is 1.10. The van der Waals surface area contributed by atoms with Crippen LogP contribution in [0.2, 0.25) is 0 Å². The highest BCUT2D eigenvalue weighted by molar-refractivity contribution is 7.89. The average Bonchev–Trinajstić information content (AvgIpc) is 2.47. The van der Waals surface area contributed by atoms with Crippen LogP contribution < -0.4 is 10.0 Å². The first kappa shape index (κ1) is 17.7. The molecule has 0 atom stereocenters. The van der Waals surface area contributed by atoms with E-state index in [-0.39, 0.29) is 23.0 Å². The monoisotopic (exact) mass is 343 g/mol. The Hall–Kier alpha value is -1.67. The van der Waals surface area contributed by atoms with Crippen LogP contribution in [0.1, 0.15) is 26.7 Å². The van der Waals surface area contributed by atoms with Crippen molar-refractivity contribution >= 4 is 16.1 Å². The Labute approximate surface area is 136 Å². The minimum Gasteiger partial charge on any atom is -0.336 e. The molecule has 2 N–H and O–H groups in total. The van der Waals surface area contributed by atoms with Crippen molar-refractivity contribution in [3.8, 4) is 0 Å². The van der Waals surface area contributed by atoms with E-state index in [9.17, 15) is 17.6 Å². The van der Waals surface area contributed by atoms with Crippen LogP contribution in [0.15, 0.2) is 29.2 Å². The van der Waals surface area contributed by atoms with Crippen LogP contribution in [0.5, 0.6) is 0 Å². The fourth-order valence-corrected chi connectivity index (χ4v) is 3.74. The SMILES string of the molecule is CC(C)NC(=O)N1CCC(NS(=O)(=O)c2ccc(F)cc2)CC1. The quantitative estimate of drug-likeness (QED) is 0.873. The normalized spacial score (nSPS) is 16.6. The predicted octanol–water partition coefficient (Wildman–Crippen LogP) is 1.69. The lowest BCUT2D eigenvalue weighted by molar-refractivity contribution is 0.177. The summed E-state index contributed by atoms with van der Waals surface area (Å²) in [4.78, 5) is 13.6. The fourth-order valence-electron chi connectivity index (χ4n) is 2.44. The summed E-state index contributed by atoms with van der Waals surface area (Å²) in [5.41, 5.74) is 0. The van der Waals surface area contributed by atoms with Crippen LogP contribution in [0.3, 0.4) is 0 Å². The molecule has 0 spiro atoms. The summed E-state index contributed by atoms with van der Waals surface area (Å²) in [7, 11) is -3.67. The van der Waals surface area contributed by atoms with Gasteiger partial charge in [0, 0.05) is 25.2 Å². The lowest BCUT2D eigenvalue weighted by atomic mass is 10.1. The topological polar surface area (TPSA) is 78.5 Å². The van der Waals surface area contributed by atoms with Crippen molar-refractivity contribution in [1.29, 1.82) is 0 Å². The van der Waals surface area contributed by atoms with Gasteiger partial charge in [0.1, 0.15) is 5.82 Å². The molecule has 1 aromatic carbocycles. The van der Waals surface area contributed by atoms with Crippen molar-refractivity contribution in [2.24, 2.45) is 0 Å². The minimum absolute atomic E-state index is 0.0406. The van der Waals surface area contributed by atoms with Gasteiger partial charge in [-0.2, -0.15) is 0 Å². The molecule has 1 aliphatic heterocycles. The van der Waals surface area contributed by atoms with Crippen molar-refractivity contribution in [2.75, 3.05) is 13.1 Å². The van der Waals surface area contributed by atoms with Gasteiger partial charge in [0.15, 0.2) is 0 Å². The molecule has 6 nitrogen and oxygen atoms in total. The molecule has 8 heteroatoms. The van der Waals surface area contributed by atoms with Gasteiger partial charge in [-0.25, -0.2) is 22.3 Å². The molecule has 128 valence electrons. The van der Waals surface area contributed by atoms with E-state index >= 15 is 0 Å². The minimum atomic E-state index is -3.67. The summed E-state index contributed by atoms with van der Waals surface area (Å²) in [5.74, 6) is -0.478. The van der Waals surface area contributed by atoms with Gasteiger partial charge in [-0.15, -0.1) is 0 Å². The van der Waals surface area contributed by atoms with E-state index < -0.39 is 15.8 Å². The number of piperidine rings is 1. The molecule has 1 aromatic rings. The maximum absolute atomic E-state index is 12.9. The van der Waals surface area contributed by atoms with Crippen LogP contribution in [0.25, 0.3) is 0 Å². The van der Waals surface area contributed by atoms with Crippen LogP contribution in [-0.4, -0.2) is 44.5 Å². The van der Waals surface area contributed by atoms with E-state index in [1.807, 2.05) is 13.8 Å². The molecule has 1 fully saturated rings. The van der Waals surface area contributed by atoms with E-state index in [1.54, 1.807) is 4.90 Å². The fraction of sp³-hybridized carbons (Fsp3) is 0.533. The zero-order valence-electron chi connectivity index (χ0n) is 13.3. The molecule has 2 rings (SSSR count). The van der Waals surface area contributed by atoms with Crippen LogP contribution in [0, 0.1) is 5.82 Å². The van der Waals surface area contributed by atoms with E-state index in [4.69, 9.17) is 0 Å². The Bertz CT molecular complexity index is 638. The third-order valence-electron chi connectivity index (χ3n) is 3.64. The smallest absolute Gasteiger partial charge is 0.317 e. The molecule has 2 amide bonds. The lowest BCUT2D eigenvalue weighted by Gasteiger charge is -2.32. The molecule has 0 unspecified atom stereocenters. The predicted molar refractivity (Wildman–Crippen MR) is 85.0 cm³/mol. The molecule has 0 aromatic heterocycles. The summed E-state index contributed by atoms with van der Waals surface area (Å²) in [6.45, 7) is 4.77. The second kappa shape index (κ2) is 7.27. The number of benzene rings is 1. The van der Waals surface area contributed by atoms with Crippen LogP contribution in [0.4, 0.5) is 9.18 Å². The first-order chi connectivity index (χ1) is 10.8. The highest BCUT2D eigenvalue weighted by atomic mass is 32.2. The molecule has 1 saturated heterocycles. The Balaban J connectivity index is 1.91. The second-order valence-electron chi connectivity index (χ2n) is 5.94. The Morgan fingerprint density at radius 2 is 1.78 bits per heavy atom. The Morgan fingerprint density at radius 3 is 2.30 bits per heavy atom. The van der Waals surface area contributed by atoms with Crippen molar-refractivity contribution in [3.63, 3.8) is 0 Å². The zero-order chi connectivity index (χ0) is 17.0. The average molecular weight is 343 g/mol. The summed E-state index contributed by atoms with van der Waals surface area (Å²) >= 11 is 0. The number of hydrogen-bond donors (Lipinski definition) is 2. The lowest BCUT2D eigenvalue weighted by Crippen LogP contribution is -2.50. The van der Waals surface area contributed by atoms with Gasteiger partial charge in [0.05, 0.1) is 4.90 Å². The van der Waals surface area contributed by atoms with E-state index in [0.29, 0.717) is 25.9 Å². The molecule has 0 radical (unpaired) electrons. The first-order valence-electron chi connectivity index (χ1n) is 7.61. The third-order valence-corrected chi connectivity index (χ3v) is 5.18. The van der Waals surface area contributed by atoms with Crippen molar-refractivity contribution in [1.82, 2.24) is 14.9 Å². The van der Waals surface area contributed by atoms with Gasteiger partial charge in [-0.3, -0.25) is 0 Å². The van der Waals surface area contributed by atoms with Gasteiger partial charge < -0.3 is 10.2 Å². The van der Waals surface area contributed by atoms with Crippen molar-refractivity contribution in [3.05, 3.63) is 30.1 Å². The van der Waals surface area contributed by atoms with Gasteiger partial charge >= 0.3 is 6.03 Å². The van der Waals surface area contributed by atoms with Gasteiger partial charge in [0.2, 0.25) is 10.0 Å². The van der Waals surface area contributed by atoms with E-state index in [2.05, 4.69) is 10.0 Å². The molecule has 1 heterocycles. The molecule has 0 bridgehead atoms. The Kier molecular flexibility index (Phi) is 5.59. The zero-order valence-corrected chi connectivity index (χ0v) is 14.1. The second-order valence-corrected chi connectivity index (χ2v) is 7.65. The maximum atomic E-state index is 12.9. The van der Waals surface area contributed by atoms with Gasteiger partial charge in [0.25, 0.3) is 0 Å². The summed E-state index contributed by atoms with van der Waals surface area (Å²) < 4.78 is 40.0. The molecule has 0 saturated carbocycles. The number of amides is 2. The number of likely N-dealkylation sites (tertiary alicyclic amines) is 1. The molecule has 23 heavy (non-hydrogen) atoms. The number of carbonyl (C=O) groups is 1. The summed E-state index contributed by atoms with van der Waals surface area (Å²) in [5, 5.41) is 2.82. The van der Waals surface area contributed by atoms with Crippen LogP contribution >= 0.6 is 0 Å². The highest BCUT2D eigenvalue weighted by Gasteiger charge is 2.26. The number of urea groups is 1. The van der Waals surface area contributed by atoms with Gasteiger partial charge in [-0.1, -0.05) is 0 Å². The molecule has 0 aliphatic carbocycles. The van der Waals surface area contributed by atoms with Crippen molar-refractivity contribution in [2.45, 2.75) is 43.7 Å². The number of rotatable bonds is 4. The highest BCUT2D eigenvalue weighted by Crippen LogP contribution is 2.15. The molecular formula is C15H22FN3O3S. The number of halogens is 1. The molecule has 1 aliphatic rings. The van der Waals surface area contributed by atoms with Gasteiger partial charge in [-0.05, 0) is 51.0 Å². The van der Waals surface area contributed by atoms with E-state index in [0.717, 1.165) is 12.1 Å². The van der Waals surface area contributed by atoms with Crippen molar-refractivity contribution < 1.29 is 17.6 Å². The molecular weight excluding hydrogens is 321 g/mol. The Morgan fingerprint density at radius 1 is 1.22 bits per heavy atom. The summed E-state index contributed by atoms with van der Waals surface area (Å²) in [6, 6.07) is 4.43. The first-order valence-corrected chi connectivity index (χ1v) is 9.09. The number of carbonyl (C=O) groups excluding carboxylic acids is 1. The maximum Gasteiger partial charge on any atom is 0.317 e. The number of nitrogens with zero attached hydrogens (tertiary/aromatic N) is 1.